The third-order valence-electron chi connectivity index (χ3n) is 5.96. The van der Waals surface area contributed by atoms with E-state index in [-0.39, 0.29) is 11.4 Å². The van der Waals surface area contributed by atoms with E-state index in [9.17, 15) is 4.79 Å². The number of ether oxygens (including phenoxy) is 2. The molecule has 0 aliphatic heterocycles. The number of amides is 1. The average molecular weight is 330 g/mol. The van der Waals surface area contributed by atoms with Crippen molar-refractivity contribution in [2.45, 2.75) is 44.1 Å². The zero-order chi connectivity index (χ0) is 16.6. The Labute approximate surface area is 143 Å². The van der Waals surface area contributed by atoms with Gasteiger partial charge in [-0.2, -0.15) is 0 Å². The molecule has 0 aromatic carbocycles. The first kappa shape index (κ1) is 15.9. The Morgan fingerprint density at radius 3 is 2.50 bits per heavy atom. The van der Waals surface area contributed by atoms with Gasteiger partial charge >= 0.3 is 0 Å². The molecule has 4 bridgehead atoms. The summed E-state index contributed by atoms with van der Waals surface area (Å²) in [7, 11) is 1.63. The first-order valence-electron chi connectivity index (χ1n) is 9.07. The van der Waals surface area contributed by atoms with Crippen molar-refractivity contribution in [1.29, 1.82) is 0 Å². The topological polar surface area (TPSA) is 60.5 Å². The molecule has 4 aliphatic carbocycles. The van der Waals surface area contributed by atoms with Gasteiger partial charge < -0.3 is 14.8 Å². The number of nitrogens with zero attached hydrogens (tertiary/aromatic N) is 1. The molecule has 4 saturated carbocycles. The van der Waals surface area contributed by atoms with Crippen molar-refractivity contribution in [3.63, 3.8) is 0 Å². The third-order valence-corrected chi connectivity index (χ3v) is 5.96. The van der Waals surface area contributed by atoms with E-state index in [0.29, 0.717) is 24.7 Å². The van der Waals surface area contributed by atoms with Crippen LogP contribution in [-0.2, 0) is 4.74 Å². The lowest BCUT2D eigenvalue weighted by Crippen LogP contribution is -2.59. The van der Waals surface area contributed by atoms with Crippen LogP contribution in [0.3, 0.4) is 0 Å². The Morgan fingerprint density at radius 1 is 1.21 bits per heavy atom. The van der Waals surface area contributed by atoms with Crippen LogP contribution in [-0.4, -0.2) is 36.8 Å². The van der Waals surface area contributed by atoms with Crippen LogP contribution in [0.1, 0.15) is 48.9 Å². The molecular weight excluding hydrogens is 304 g/mol. The highest BCUT2D eigenvalue weighted by molar-refractivity contribution is 5.96. The molecular formula is C19H26N2O3. The fraction of sp³-hybridized carbons (Fsp3) is 0.684. The number of rotatable bonds is 6. The van der Waals surface area contributed by atoms with E-state index >= 15 is 0 Å². The molecule has 1 aromatic heterocycles. The Kier molecular flexibility index (Phi) is 4.21. The maximum Gasteiger partial charge on any atom is 0.257 e. The number of nitrogens with one attached hydrogen (secondary N) is 1. The fourth-order valence-electron chi connectivity index (χ4n) is 5.47. The van der Waals surface area contributed by atoms with E-state index in [1.807, 2.05) is 0 Å². The van der Waals surface area contributed by atoms with Crippen LogP contribution in [0.25, 0.3) is 0 Å². The molecule has 5 rings (SSSR count). The van der Waals surface area contributed by atoms with Crippen LogP contribution >= 0.6 is 0 Å². The summed E-state index contributed by atoms with van der Waals surface area (Å²) in [6, 6.07) is 3.59. The monoisotopic (exact) mass is 330 g/mol. The van der Waals surface area contributed by atoms with Crippen LogP contribution in [0, 0.1) is 17.8 Å². The molecule has 1 N–H and O–H groups in total. The molecule has 4 fully saturated rings. The largest absolute Gasteiger partial charge is 0.475 e. The summed E-state index contributed by atoms with van der Waals surface area (Å²) >= 11 is 0. The van der Waals surface area contributed by atoms with E-state index in [4.69, 9.17) is 9.47 Å². The van der Waals surface area contributed by atoms with Gasteiger partial charge in [-0.15, -0.1) is 0 Å². The number of pyridine rings is 1. The maximum absolute atomic E-state index is 12.9. The molecule has 130 valence electrons. The Morgan fingerprint density at radius 2 is 1.88 bits per heavy atom. The molecule has 0 saturated heterocycles. The minimum atomic E-state index is -0.0440. The Balaban J connectivity index is 1.48. The Bertz CT molecular complexity index is 581. The standard InChI is InChI=1S/C19H26N2O3/c1-23-5-6-24-18-16(3-2-4-20-18)17(22)21-19-10-13-7-14(11-19)9-15(8-13)12-19/h2-4,13-15H,5-12H2,1H3,(H,21,22). The molecule has 1 aromatic rings. The van der Waals surface area contributed by atoms with Gasteiger partial charge in [-0.05, 0) is 68.4 Å². The highest BCUT2D eigenvalue weighted by Crippen LogP contribution is 2.55. The molecule has 0 atom stereocenters. The van der Waals surface area contributed by atoms with Crippen LogP contribution in [0.15, 0.2) is 18.3 Å². The van der Waals surface area contributed by atoms with Gasteiger partial charge in [-0.25, -0.2) is 4.98 Å². The summed E-state index contributed by atoms with van der Waals surface area (Å²) in [6.45, 7) is 0.873. The van der Waals surface area contributed by atoms with Gasteiger partial charge in [0.2, 0.25) is 5.88 Å². The van der Waals surface area contributed by atoms with Crippen LogP contribution in [0.2, 0.25) is 0 Å². The van der Waals surface area contributed by atoms with Crippen molar-refractivity contribution in [2.24, 2.45) is 17.8 Å². The molecule has 0 spiro atoms. The molecule has 0 radical (unpaired) electrons. The molecule has 1 amide bonds. The second-order valence-corrected chi connectivity index (χ2v) is 7.85. The van der Waals surface area contributed by atoms with E-state index in [1.165, 1.54) is 19.3 Å². The minimum Gasteiger partial charge on any atom is -0.475 e. The predicted octanol–water partition coefficient (Wildman–Crippen LogP) is 2.81. The summed E-state index contributed by atoms with van der Waals surface area (Å²) in [5.41, 5.74) is 0.537. The number of hydrogen-bond acceptors (Lipinski definition) is 4. The summed E-state index contributed by atoms with van der Waals surface area (Å²) in [5, 5.41) is 3.38. The molecule has 24 heavy (non-hydrogen) atoms. The second-order valence-electron chi connectivity index (χ2n) is 7.85. The van der Waals surface area contributed by atoms with Gasteiger partial charge in [0.15, 0.2) is 0 Å². The summed E-state index contributed by atoms with van der Waals surface area (Å²) in [4.78, 5) is 17.1. The maximum atomic E-state index is 12.9. The van der Waals surface area contributed by atoms with Crippen molar-refractivity contribution in [3.8, 4) is 5.88 Å². The number of carbonyl (C=O) groups excluding carboxylic acids is 1. The lowest BCUT2D eigenvalue weighted by molar-refractivity contribution is -0.0167. The Hall–Kier alpha value is -1.62. The summed E-state index contributed by atoms with van der Waals surface area (Å²) < 4.78 is 10.6. The number of methoxy groups -OCH3 is 1. The van der Waals surface area contributed by atoms with E-state index in [1.54, 1.807) is 25.4 Å². The fourth-order valence-corrected chi connectivity index (χ4v) is 5.47. The first-order chi connectivity index (χ1) is 11.7. The normalized spacial score (nSPS) is 33.5. The highest BCUT2D eigenvalue weighted by Gasteiger charge is 2.51. The second kappa shape index (κ2) is 6.36. The number of aromatic nitrogens is 1. The van der Waals surface area contributed by atoms with Gasteiger partial charge in [0.05, 0.1) is 6.61 Å². The first-order valence-corrected chi connectivity index (χ1v) is 9.07. The zero-order valence-electron chi connectivity index (χ0n) is 14.3. The quantitative estimate of drug-likeness (QED) is 0.815. The van der Waals surface area contributed by atoms with Gasteiger partial charge in [0.25, 0.3) is 5.91 Å². The van der Waals surface area contributed by atoms with Crippen molar-refractivity contribution in [2.75, 3.05) is 20.3 Å². The van der Waals surface area contributed by atoms with Crippen molar-refractivity contribution in [3.05, 3.63) is 23.9 Å². The van der Waals surface area contributed by atoms with E-state index < -0.39 is 0 Å². The van der Waals surface area contributed by atoms with E-state index in [0.717, 1.165) is 37.0 Å². The van der Waals surface area contributed by atoms with Crippen LogP contribution in [0.4, 0.5) is 0 Å². The SMILES string of the molecule is COCCOc1ncccc1C(=O)NC12CC3CC(CC(C3)C1)C2. The number of carbonyl (C=O) groups is 1. The average Bonchev–Trinajstić information content (AvgIpc) is 2.54. The molecule has 4 aliphatic rings. The summed E-state index contributed by atoms with van der Waals surface area (Å²) in [6.07, 6.45) is 9.19. The zero-order valence-corrected chi connectivity index (χ0v) is 14.3. The molecule has 1 heterocycles. The molecule has 5 nitrogen and oxygen atoms in total. The lowest BCUT2D eigenvalue weighted by Gasteiger charge is -2.56. The summed E-state index contributed by atoms with van der Waals surface area (Å²) in [5.74, 6) is 2.78. The molecule has 5 heteroatoms. The van der Waals surface area contributed by atoms with Gasteiger partial charge in [0, 0.05) is 18.8 Å². The van der Waals surface area contributed by atoms with Crippen molar-refractivity contribution in [1.82, 2.24) is 10.3 Å². The van der Waals surface area contributed by atoms with Gasteiger partial charge in [0.1, 0.15) is 12.2 Å². The van der Waals surface area contributed by atoms with Crippen LogP contribution < -0.4 is 10.1 Å². The minimum absolute atomic E-state index is 0.00543. The van der Waals surface area contributed by atoms with Crippen molar-refractivity contribution < 1.29 is 14.3 Å². The smallest absolute Gasteiger partial charge is 0.257 e. The van der Waals surface area contributed by atoms with Crippen LogP contribution in [0.5, 0.6) is 5.88 Å². The lowest BCUT2D eigenvalue weighted by atomic mass is 9.53. The predicted molar refractivity (Wildman–Crippen MR) is 90.0 cm³/mol. The van der Waals surface area contributed by atoms with E-state index in [2.05, 4.69) is 10.3 Å². The third kappa shape index (κ3) is 3.02. The molecule has 0 unspecified atom stereocenters. The highest BCUT2D eigenvalue weighted by atomic mass is 16.5. The van der Waals surface area contributed by atoms with Crippen molar-refractivity contribution >= 4 is 5.91 Å². The van der Waals surface area contributed by atoms with Gasteiger partial charge in [-0.1, -0.05) is 0 Å². The number of hydrogen-bond donors (Lipinski definition) is 1. The van der Waals surface area contributed by atoms with Gasteiger partial charge in [-0.3, -0.25) is 4.79 Å².